The minimum atomic E-state index is -1.71. The molecule has 0 spiro atoms. The second kappa shape index (κ2) is 39.3. The predicted molar refractivity (Wildman–Crippen MR) is 256 cm³/mol. The Kier molecular flexibility index (Phi) is 35.5. The third-order valence-corrected chi connectivity index (χ3v) is 11.5. The number of ether oxygens (including phenoxy) is 6. The molecule has 0 aromatic carbocycles. The van der Waals surface area contributed by atoms with Gasteiger partial charge < -0.3 is 64.2 Å². The maximum atomic E-state index is 12.8. The summed E-state index contributed by atoms with van der Waals surface area (Å²) in [7, 11) is 0. The first-order chi connectivity index (χ1) is 32.1. The lowest BCUT2D eigenvalue weighted by molar-refractivity contribution is -0.332. The topological polar surface area (TPSA) is 214 Å². The zero-order valence-electron chi connectivity index (χ0n) is 40.2. The Morgan fingerprint density at radius 3 is 1.55 bits per heavy atom. The van der Waals surface area contributed by atoms with E-state index in [-0.39, 0.29) is 19.6 Å². The quantitative estimate of drug-likeness (QED) is 0.0187. The smallest absolute Gasteiger partial charge is 0.306 e. The Balaban J connectivity index is 1.66. The van der Waals surface area contributed by atoms with Crippen LogP contribution in [0.5, 0.6) is 0 Å². The third kappa shape index (κ3) is 26.8. The first kappa shape index (κ1) is 59.6. The van der Waals surface area contributed by atoms with Crippen LogP contribution in [-0.4, -0.2) is 142 Å². The molecule has 2 aliphatic rings. The standard InChI is InChI=1S/C52H88O14/c1-3-5-7-9-11-12-13-14-15-16-17-18-19-20-21-22-23-24-25-26-27-28-29-30-32-34-36-61-38-41(64-44(54)35-33-31-10-8-6-4-2)39-62-51-50(60)48(58)46(56)43(66-51)40-63-52-49(59)47(57)45(55)42(37-53)65-52/h5,7,11-12,14-15,17-18,20-21,23-24,41-43,45-53,55-60H,3-4,6,8-10,13,16,19,22,25-40H2,1-2H3/b7-5-,12-11-,15-14-,18-17-,21-20-,24-23-. The van der Waals surface area contributed by atoms with Crippen molar-refractivity contribution in [2.75, 3.05) is 33.0 Å². The van der Waals surface area contributed by atoms with Crippen molar-refractivity contribution >= 4 is 5.97 Å². The van der Waals surface area contributed by atoms with Crippen LogP contribution in [0, 0.1) is 0 Å². The first-order valence-corrected chi connectivity index (χ1v) is 25.0. The van der Waals surface area contributed by atoms with Gasteiger partial charge in [0.2, 0.25) is 0 Å². The van der Waals surface area contributed by atoms with Gasteiger partial charge in [0.15, 0.2) is 12.6 Å². The average molecular weight is 937 g/mol. The molecule has 0 aromatic heterocycles. The van der Waals surface area contributed by atoms with Gasteiger partial charge in [0.25, 0.3) is 0 Å². The number of carbonyl (C=O) groups is 1. The summed E-state index contributed by atoms with van der Waals surface area (Å²) in [5.74, 6) is -0.394. The van der Waals surface area contributed by atoms with Crippen molar-refractivity contribution in [1.29, 1.82) is 0 Å². The fourth-order valence-electron chi connectivity index (χ4n) is 7.40. The normalized spacial score (nSPS) is 26.9. The summed E-state index contributed by atoms with van der Waals surface area (Å²) in [5, 5.41) is 71.8. The first-order valence-electron chi connectivity index (χ1n) is 25.0. The molecule has 0 amide bonds. The van der Waals surface area contributed by atoms with Gasteiger partial charge in [0.05, 0.1) is 26.4 Å². The zero-order chi connectivity index (χ0) is 48.0. The highest BCUT2D eigenvalue weighted by molar-refractivity contribution is 5.69. The minimum absolute atomic E-state index is 0.0501. The van der Waals surface area contributed by atoms with Crippen molar-refractivity contribution in [2.24, 2.45) is 0 Å². The number of aliphatic hydroxyl groups is 7. The molecule has 0 saturated carbocycles. The Hall–Kier alpha value is -2.57. The molecule has 0 bridgehead atoms. The second-order valence-corrected chi connectivity index (χ2v) is 17.3. The highest BCUT2D eigenvalue weighted by Crippen LogP contribution is 2.26. The fraction of sp³-hybridized carbons (Fsp3) is 0.750. The van der Waals surface area contributed by atoms with Crippen LogP contribution in [0.15, 0.2) is 72.9 Å². The Labute approximate surface area is 396 Å². The molecule has 0 radical (unpaired) electrons. The summed E-state index contributed by atoms with van der Waals surface area (Å²) < 4.78 is 34.1. The molecule has 14 nitrogen and oxygen atoms in total. The summed E-state index contributed by atoms with van der Waals surface area (Å²) in [6.45, 7) is 3.45. The van der Waals surface area contributed by atoms with E-state index in [0.717, 1.165) is 103 Å². The lowest BCUT2D eigenvalue weighted by Crippen LogP contribution is -2.61. The molecule has 2 saturated heterocycles. The molecule has 2 aliphatic heterocycles. The number of esters is 1. The summed E-state index contributed by atoms with van der Waals surface area (Å²) in [6, 6.07) is 0. The van der Waals surface area contributed by atoms with Crippen LogP contribution in [0.4, 0.5) is 0 Å². The molecule has 2 heterocycles. The van der Waals surface area contributed by atoms with Gasteiger partial charge in [0.1, 0.15) is 54.9 Å². The number of carbonyl (C=O) groups excluding carboxylic acids is 1. The summed E-state index contributed by atoms with van der Waals surface area (Å²) >= 11 is 0. The molecule has 2 fully saturated rings. The minimum Gasteiger partial charge on any atom is -0.457 e. The highest BCUT2D eigenvalue weighted by Gasteiger charge is 2.47. The van der Waals surface area contributed by atoms with Gasteiger partial charge in [-0.1, -0.05) is 151 Å². The van der Waals surface area contributed by atoms with Gasteiger partial charge in [-0.25, -0.2) is 0 Å². The molecule has 7 N–H and O–H groups in total. The van der Waals surface area contributed by atoms with E-state index >= 15 is 0 Å². The van der Waals surface area contributed by atoms with Crippen LogP contribution in [0.2, 0.25) is 0 Å². The van der Waals surface area contributed by atoms with Crippen LogP contribution in [-0.2, 0) is 33.2 Å². The number of hydrogen-bond acceptors (Lipinski definition) is 14. The van der Waals surface area contributed by atoms with Gasteiger partial charge in [-0.3, -0.25) is 4.79 Å². The van der Waals surface area contributed by atoms with Crippen LogP contribution in [0.25, 0.3) is 0 Å². The molecular formula is C52H88O14. The maximum Gasteiger partial charge on any atom is 0.306 e. The largest absolute Gasteiger partial charge is 0.457 e. The second-order valence-electron chi connectivity index (χ2n) is 17.3. The van der Waals surface area contributed by atoms with Crippen LogP contribution < -0.4 is 0 Å². The van der Waals surface area contributed by atoms with Crippen LogP contribution >= 0.6 is 0 Å². The fourth-order valence-corrected chi connectivity index (χ4v) is 7.40. The number of aliphatic hydroxyl groups excluding tert-OH is 7. The Morgan fingerprint density at radius 2 is 0.985 bits per heavy atom. The van der Waals surface area contributed by atoms with Gasteiger partial charge in [-0.05, 0) is 64.2 Å². The lowest BCUT2D eigenvalue weighted by atomic mass is 9.98. The predicted octanol–water partition coefficient (Wildman–Crippen LogP) is 7.12. The van der Waals surface area contributed by atoms with E-state index < -0.39 is 86.7 Å². The molecule has 11 unspecified atom stereocenters. The van der Waals surface area contributed by atoms with Crippen molar-refractivity contribution in [2.45, 2.75) is 216 Å². The molecule has 0 aromatic rings. The highest BCUT2D eigenvalue weighted by atomic mass is 16.7. The van der Waals surface area contributed by atoms with E-state index in [1.807, 2.05) is 0 Å². The van der Waals surface area contributed by atoms with Gasteiger partial charge >= 0.3 is 5.97 Å². The van der Waals surface area contributed by atoms with Crippen LogP contribution in [0.3, 0.4) is 0 Å². The average Bonchev–Trinajstić information content (AvgIpc) is 3.31. The Morgan fingerprint density at radius 1 is 0.515 bits per heavy atom. The molecular weight excluding hydrogens is 849 g/mol. The van der Waals surface area contributed by atoms with Gasteiger partial charge in [0, 0.05) is 13.0 Å². The molecule has 2 rings (SSSR count). The summed E-state index contributed by atoms with van der Waals surface area (Å²) in [6.07, 6.45) is 31.6. The van der Waals surface area contributed by atoms with E-state index in [9.17, 15) is 40.5 Å². The molecule has 0 aliphatic carbocycles. The number of rotatable bonds is 38. The number of hydrogen-bond donors (Lipinski definition) is 7. The van der Waals surface area contributed by atoms with E-state index in [1.54, 1.807) is 0 Å². The molecule has 11 atom stereocenters. The van der Waals surface area contributed by atoms with E-state index in [4.69, 9.17) is 28.4 Å². The van der Waals surface area contributed by atoms with Crippen molar-refractivity contribution in [3.05, 3.63) is 72.9 Å². The zero-order valence-corrected chi connectivity index (χ0v) is 40.2. The SMILES string of the molecule is CC/C=C\C/C=C\C/C=C\C/C=C\C/C=C\C/C=C\CCCCCCCCCOCC(COC1OC(COC2OC(CO)C(O)C(O)C2O)C(O)C(O)C1O)OC(=O)CCCCCCCC. The maximum absolute atomic E-state index is 12.8. The monoisotopic (exact) mass is 937 g/mol. The molecule has 66 heavy (non-hydrogen) atoms. The number of allylic oxidation sites excluding steroid dienone is 12. The van der Waals surface area contributed by atoms with Gasteiger partial charge in [-0.2, -0.15) is 0 Å². The van der Waals surface area contributed by atoms with Crippen LogP contribution in [0.1, 0.15) is 149 Å². The lowest BCUT2D eigenvalue weighted by Gasteiger charge is -2.42. The Bertz CT molecular complexity index is 1360. The van der Waals surface area contributed by atoms with Crippen molar-refractivity contribution in [3.63, 3.8) is 0 Å². The third-order valence-electron chi connectivity index (χ3n) is 11.5. The van der Waals surface area contributed by atoms with Gasteiger partial charge in [-0.15, -0.1) is 0 Å². The van der Waals surface area contributed by atoms with Crippen molar-refractivity contribution < 1.29 is 69.0 Å². The number of unbranched alkanes of at least 4 members (excludes halogenated alkanes) is 12. The molecule has 380 valence electrons. The molecule has 14 heteroatoms. The van der Waals surface area contributed by atoms with Crippen molar-refractivity contribution in [3.8, 4) is 0 Å². The van der Waals surface area contributed by atoms with E-state index in [2.05, 4.69) is 86.8 Å². The summed E-state index contributed by atoms with van der Waals surface area (Å²) in [4.78, 5) is 12.8. The van der Waals surface area contributed by atoms with E-state index in [1.165, 1.54) is 19.3 Å². The van der Waals surface area contributed by atoms with E-state index in [0.29, 0.717) is 13.0 Å². The van der Waals surface area contributed by atoms with Crippen molar-refractivity contribution in [1.82, 2.24) is 0 Å². The summed E-state index contributed by atoms with van der Waals surface area (Å²) in [5.41, 5.74) is 0.